The van der Waals surface area contributed by atoms with Crippen molar-refractivity contribution in [1.29, 1.82) is 0 Å². The average Bonchev–Trinajstić information content (AvgIpc) is 2.27. The molecule has 3 nitrogen and oxygen atoms in total. The van der Waals surface area contributed by atoms with Gasteiger partial charge in [0.15, 0.2) is 0 Å². The van der Waals surface area contributed by atoms with Crippen molar-refractivity contribution in [2.24, 2.45) is 0 Å². The maximum atomic E-state index is 12.4. The number of rotatable bonds is 6. The summed E-state index contributed by atoms with van der Waals surface area (Å²) in [6, 6.07) is 6.35. The fraction of sp³-hybridized carbons (Fsp3) is 0.462. The molecule has 100 valence electrons. The molecule has 1 aromatic rings. The lowest BCUT2D eigenvalue weighted by molar-refractivity contribution is 0.0677. The zero-order valence-corrected chi connectivity index (χ0v) is 10.4. The normalized spacial score (nSPS) is 11.5. The van der Waals surface area contributed by atoms with E-state index in [1.165, 1.54) is 12.1 Å². The van der Waals surface area contributed by atoms with E-state index in [1.807, 2.05) is 13.8 Å². The summed E-state index contributed by atoms with van der Waals surface area (Å²) in [6.45, 7) is 3.69. The van der Waals surface area contributed by atoms with E-state index in [-0.39, 0.29) is 18.2 Å². The molecule has 0 fully saturated rings. The van der Waals surface area contributed by atoms with E-state index in [4.69, 9.17) is 5.11 Å². The van der Waals surface area contributed by atoms with Gasteiger partial charge in [0.25, 0.3) is 6.43 Å². The quantitative estimate of drug-likeness (QED) is 0.852. The first kappa shape index (κ1) is 14.6. The number of benzene rings is 1. The molecule has 18 heavy (non-hydrogen) atoms. The Morgan fingerprint density at radius 2 is 2.06 bits per heavy atom. The Bertz CT molecular complexity index is 408. The molecule has 0 aliphatic heterocycles. The van der Waals surface area contributed by atoms with Gasteiger partial charge in [-0.3, -0.25) is 4.90 Å². The number of carboxylic acid groups (broad SMARTS) is 1. The Kier molecular flexibility index (Phi) is 5.22. The van der Waals surface area contributed by atoms with Crippen LogP contribution in [0.1, 0.15) is 29.8 Å². The molecule has 0 atom stereocenters. The van der Waals surface area contributed by atoms with Gasteiger partial charge in [0.2, 0.25) is 0 Å². The number of aromatic carboxylic acids is 1. The molecule has 5 heteroatoms. The summed E-state index contributed by atoms with van der Waals surface area (Å²) >= 11 is 0. The molecule has 0 spiro atoms. The minimum atomic E-state index is -2.39. The van der Waals surface area contributed by atoms with Gasteiger partial charge in [-0.2, -0.15) is 0 Å². The summed E-state index contributed by atoms with van der Waals surface area (Å²) in [6.07, 6.45) is -2.39. The van der Waals surface area contributed by atoms with Gasteiger partial charge in [0, 0.05) is 12.6 Å². The third-order valence-corrected chi connectivity index (χ3v) is 2.66. The van der Waals surface area contributed by atoms with Crippen molar-refractivity contribution in [3.05, 3.63) is 35.4 Å². The van der Waals surface area contributed by atoms with Gasteiger partial charge in [0.1, 0.15) is 0 Å². The summed E-state index contributed by atoms with van der Waals surface area (Å²) in [5.74, 6) is -1.01. The second kappa shape index (κ2) is 6.44. The topological polar surface area (TPSA) is 40.5 Å². The second-order valence-corrected chi connectivity index (χ2v) is 4.42. The van der Waals surface area contributed by atoms with Crippen LogP contribution in [-0.2, 0) is 6.54 Å². The van der Waals surface area contributed by atoms with Crippen molar-refractivity contribution in [1.82, 2.24) is 4.90 Å². The van der Waals surface area contributed by atoms with Crippen LogP contribution in [0.4, 0.5) is 8.78 Å². The number of halogens is 2. The Morgan fingerprint density at radius 1 is 1.39 bits per heavy atom. The summed E-state index contributed by atoms with van der Waals surface area (Å²) in [5.41, 5.74) is 0.900. The summed E-state index contributed by atoms with van der Waals surface area (Å²) in [5, 5.41) is 8.86. The maximum absolute atomic E-state index is 12.4. The minimum Gasteiger partial charge on any atom is -0.478 e. The molecule has 0 heterocycles. The molecule has 0 bridgehead atoms. The third-order valence-electron chi connectivity index (χ3n) is 2.66. The van der Waals surface area contributed by atoms with Crippen LogP contribution < -0.4 is 0 Å². The Morgan fingerprint density at radius 3 is 2.56 bits per heavy atom. The van der Waals surface area contributed by atoms with Gasteiger partial charge in [0.05, 0.1) is 12.1 Å². The highest BCUT2D eigenvalue weighted by Gasteiger charge is 2.16. The molecule has 0 aliphatic rings. The van der Waals surface area contributed by atoms with Crippen molar-refractivity contribution >= 4 is 5.97 Å². The highest BCUT2D eigenvalue weighted by Crippen LogP contribution is 2.12. The van der Waals surface area contributed by atoms with E-state index in [0.717, 1.165) is 5.56 Å². The molecule has 1 rings (SSSR count). The number of hydrogen-bond donors (Lipinski definition) is 1. The summed E-state index contributed by atoms with van der Waals surface area (Å²) in [7, 11) is 0. The number of carboxylic acids is 1. The van der Waals surface area contributed by atoms with Gasteiger partial charge in [-0.25, -0.2) is 13.6 Å². The monoisotopic (exact) mass is 257 g/mol. The number of nitrogens with zero attached hydrogens (tertiary/aromatic N) is 1. The lowest BCUT2D eigenvalue weighted by Gasteiger charge is -2.26. The van der Waals surface area contributed by atoms with E-state index < -0.39 is 12.4 Å². The summed E-state index contributed by atoms with van der Waals surface area (Å²) in [4.78, 5) is 12.4. The third kappa shape index (κ3) is 4.41. The van der Waals surface area contributed by atoms with Crippen LogP contribution in [0.25, 0.3) is 0 Å². The van der Waals surface area contributed by atoms with E-state index in [9.17, 15) is 13.6 Å². The fourth-order valence-corrected chi connectivity index (χ4v) is 1.67. The number of carbonyl (C=O) groups is 1. The predicted molar refractivity (Wildman–Crippen MR) is 65.0 cm³/mol. The van der Waals surface area contributed by atoms with E-state index >= 15 is 0 Å². The lowest BCUT2D eigenvalue weighted by atomic mass is 10.1. The van der Waals surface area contributed by atoms with E-state index in [0.29, 0.717) is 6.54 Å². The fourth-order valence-electron chi connectivity index (χ4n) is 1.67. The molecular weight excluding hydrogens is 240 g/mol. The van der Waals surface area contributed by atoms with Crippen molar-refractivity contribution in [3.63, 3.8) is 0 Å². The number of hydrogen-bond acceptors (Lipinski definition) is 2. The lowest BCUT2D eigenvalue weighted by Crippen LogP contribution is -2.34. The second-order valence-electron chi connectivity index (χ2n) is 4.42. The Balaban J connectivity index is 2.80. The van der Waals surface area contributed by atoms with Gasteiger partial charge in [-0.1, -0.05) is 12.1 Å². The van der Waals surface area contributed by atoms with Gasteiger partial charge in [-0.15, -0.1) is 0 Å². The van der Waals surface area contributed by atoms with Crippen LogP contribution in [0.15, 0.2) is 24.3 Å². The summed E-state index contributed by atoms with van der Waals surface area (Å²) < 4.78 is 24.8. The van der Waals surface area contributed by atoms with Crippen LogP contribution in [0, 0.1) is 0 Å². The number of alkyl halides is 2. The predicted octanol–water partition coefficient (Wildman–Crippen LogP) is 2.86. The molecule has 1 N–H and O–H groups in total. The first-order valence-electron chi connectivity index (χ1n) is 5.74. The first-order valence-corrected chi connectivity index (χ1v) is 5.74. The highest BCUT2D eigenvalue weighted by atomic mass is 19.3. The Hall–Kier alpha value is -1.49. The molecule has 0 unspecified atom stereocenters. The molecule has 0 saturated carbocycles. The van der Waals surface area contributed by atoms with Crippen molar-refractivity contribution in [2.75, 3.05) is 6.54 Å². The molecule has 0 aromatic heterocycles. The van der Waals surface area contributed by atoms with Gasteiger partial charge in [-0.05, 0) is 31.5 Å². The molecule has 0 radical (unpaired) electrons. The molecule has 0 saturated heterocycles. The van der Waals surface area contributed by atoms with Crippen molar-refractivity contribution in [2.45, 2.75) is 32.9 Å². The molecule has 1 aromatic carbocycles. The van der Waals surface area contributed by atoms with E-state index in [2.05, 4.69) is 0 Å². The molecule has 0 aliphatic carbocycles. The Labute approximate surface area is 105 Å². The van der Waals surface area contributed by atoms with Crippen LogP contribution >= 0.6 is 0 Å². The van der Waals surface area contributed by atoms with Gasteiger partial charge >= 0.3 is 5.97 Å². The van der Waals surface area contributed by atoms with E-state index in [1.54, 1.807) is 17.0 Å². The van der Waals surface area contributed by atoms with Crippen molar-refractivity contribution < 1.29 is 18.7 Å². The highest BCUT2D eigenvalue weighted by molar-refractivity contribution is 5.87. The van der Waals surface area contributed by atoms with Crippen LogP contribution in [0.2, 0.25) is 0 Å². The first-order chi connectivity index (χ1) is 8.40. The van der Waals surface area contributed by atoms with Gasteiger partial charge < -0.3 is 5.11 Å². The minimum absolute atomic E-state index is 0.0208. The van der Waals surface area contributed by atoms with Crippen molar-refractivity contribution in [3.8, 4) is 0 Å². The smallest absolute Gasteiger partial charge is 0.335 e. The molecular formula is C13H17F2NO2. The average molecular weight is 257 g/mol. The standard InChI is InChI=1S/C13H17F2NO2/c1-9(2)16(8-12(14)15)7-10-4-3-5-11(6-10)13(17)18/h3-6,9,12H,7-8H2,1-2H3,(H,17,18). The SMILES string of the molecule is CC(C)N(Cc1cccc(C(=O)O)c1)CC(F)F. The van der Waals surface area contributed by atoms with Crippen LogP contribution in [0.5, 0.6) is 0 Å². The van der Waals surface area contributed by atoms with Crippen LogP contribution in [-0.4, -0.2) is 35.0 Å². The zero-order valence-electron chi connectivity index (χ0n) is 10.4. The molecule has 0 amide bonds. The zero-order chi connectivity index (χ0) is 13.7. The largest absolute Gasteiger partial charge is 0.478 e. The van der Waals surface area contributed by atoms with Crippen LogP contribution in [0.3, 0.4) is 0 Å². The maximum Gasteiger partial charge on any atom is 0.335 e.